The van der Waals surface area contributed by atoms with Crippen molar-refractivity contribution in [3.05, 3.63) is 35.9 Å². The number of hydrogen-bond acceptors (Lipinski definition) is 4. The van der Waals surface area contributed by atoms with Gasteiger partial charge >= 0.3 is 5.97 Å². The van der Waals surface area contributed by atoms with Gasteiger partial charge in [-0.3, -0.25) is 0 Å². The molecule has 0 bridgehead atoms. The zero-order chi connectivity index (χ0) is 15.7. The van der Waals surface area contributed by atoms with E-state index in [-0.39, 0.29) is 6.61 Å². The summed E-state index contributed by atoms with van der Waals surface area (Å²) in [6, 6.07) is 8.40. The summed E-state index contributed by atoms with van der Waals surface area (Å²) in [5, 5.41) is 19.8. The smallest absolute Gasteiger partial charge is 0.345 e. The molecule has 0 aliphatic heterocycles. The third-order valence-corrected chi connectivity index (χ3v) is 3.81. The fourth-order valence-corrected chi connectivity index (χ4v) is 2.20. The van der Waals surface area contributed by atoms with Crippen molar-refractivity contribution < 1.29 is 19.7 Å². The number of aliphatic hydroxyl groups is 2. The Hall–Kier alpha value is -1.39. The van der Waals surface area contributed by atoms with Crippen LogP contribution in [-0.4, -0.2) is 29.4 Å². The van der Waals surface area contributed by atoms with E-state index in [1.54, 1.807) is 30.3 Å². The molecule has 0 aliphatic rings. The second-order valence-corrected chi connectivity index (χ2v) is 5.40. The van der Waals surface area contributed by atoms with E-state index in [2.05, 4.69) is 13.8 Å². The van der Waals surface area contributed by atoms with Crippen molar-refractivity contribution >= 4 is 5.97 Å². The molecular formula is C17H26O4. The predicted molar refractivity (Wildman–Crippen MR) is 81.7 cm³/mol. The maximum atomic E-state index is 12.2. The minimum atomic E-state index is -1.98. The Bertz CT molecular complexity index is 418. The van der Waals surface area contributed by atoms with Crippen LogP contribution in [0, 0.1) is 5.92 Å². The summed E-state index contributed by atoms with van der Waals surface area (Å²) >= 11 is 0. The number of carbonyl (C=O) groups excluding carboxylic acids is 1. The molecule has 0 saturated heterocycles. The molecule has 21 heavy (non-hydrogen) atoms. The van der Waals surface area contributed by atoms with Crippen LogP contribution in [0.25, 0.3) is 0 Å². The topological polar surface area (TPSA) is 66.8 Å². The molecule has 0 radical (unpaired) electrons. The van der Waals surface area contributed by atoms with Gasteiger partial charge in [-0.1, -0.05) is 63.4 Å². The standard InChI is InChI=1S/C17H26O4/c1-3-5-9-14(4-2)12-21-16(19)17(20,13-18)15-10-7-6-8-11-15/h6-8,10-11,14,18,20H,3-5,9,12-13H2,1-2H3. The molecule has 118 valence electrons. The number of esters is 1. The molecule has 2 atom stereocenters. The Kier molecular flexibility index (Phi) is 7.40. The highest BCUT2D eigenvalue weighted by Gasteiger charge is 2.39. The molecule has 0 aromatic heterocycles. The van der Waals surface area contributed by atoms with Gasteiger partial charge in [-0.05, 0) is 17.9 Å². The van der Waals surface area contributed by atoms with Gasteiger partial charge < -0.3 is 14.9 Å². The SMILES string of the molecule is CCCCC(CC)COC(=O)C(O)(CO)c1ccccc1. The van der Waals surface area contributed by atoms with E-state index in [1.807, 2.05) is 0 Å². The van der Waals surface area contributed by atoms with E-state index in [4.69, 9.17) is 4.74 Å². The molecule has 4 nitrogen and oxygen atoms in total. The van der Waals surface area contributed by atoms with Gasteiger partial charge in [-0.15, -0.1) is 0 Å². The molecule has 1 rings (SSSR count). The lowest BCUT2D eigenvalue weighted by molar-refractivity contribution is -0.172. The van der Waals surface area contributed by atoms with Crippen molar-refractivity contribution in [3.8, 4) is 0 Å². The van der Waals surface area contributed by atoms with Crippen LogP contribution in [0.5, 0.6) is 0 Å². The maximum absolute atomic E-state index is 12.2. The average Bonchev–Trinajstić information content (AvgIpc) is 2.54. The zero-order valence-corrected chi connectivity index (χ0v) is 12.9. The number of aliphatic hydroxyl groups excluding tert-OH is 1. The molecule has 0 heterocycles. The lowest BCUT2D eigenvalue weighted by atomic mass is 9.94. The summed E-state index contributed by atoms with van der Waals surface area (Å²) in [5.74, 6) is -0.487. The average molecular weight is 294 g/mol. The van der Waals surface area contributed by atoms with E-state index in [1.165, 1.54) is 0 Å². The molecule has 1 aromatic rings. The molecular weight excluding hydrogens is 268 g/mol. The lowest BCUT2D eigenvalue weighted by Crippen LogP contribution is -2.41. The van der Waals surface area contributed by atoms with Crippen molar-refractivity contribution in [2.45, 2.75) is 45.1 Å². The summed E-state index contributed by atoms with van der Waals surface area (Å²) < 4.78 is 5.25. The number of rotatable bonds is 9. The van der Waals surface area contributed by atoms with Crippen LogP contribution in [-0.2, 0) is 15.1 Å². The summed E-state index contributed by atoms with van der Waals surface area (Å²) in [7, 11) is 0. The van der Waals surface area contributed by atoms with Gasteiger partial charge in [0.25, 0.3) is 0 Å². The lowest BCUT2D eigenvalue weighted by Gasteiger charge is -2.25. The molecule has 4 heteroatoms. The molecule has 1 aromatic carbocycles. The normalized spacial score (nSPS) is 15.2. The fraction of sp³-hybridized carbons (Fsp3) is 0.588. The first-order chi connectivity index (χ1) is 10.1. The second-order valence-electron chi connectivity index (χ2n) is 5.40. The van der Waals surface area contributed by atoms with Gasteiger partial charge in [0.05, 0.1) is 13.2 Å². The number of hydrogen-bond donors (Lipinski definition) is 2. The monoisotopic (exact) mass is 294 g/mol. The summed E-state index contributed by atoms with van der Waals surface area (Å²) in [6.07, 6.45) is 4.13. The quantitative estimate of drug-likeness (QED) is 0.687. The molecule has 2 N–H and O–H groups in total. The molecule has 0 amide bonds. The summed E-state index contributed by atoms with van der Waals surface area (Å²) in [6.45, 7) is 3.77. The van der Waals surface area contributed by atoms with Gasteiger partial charge in [-0.2, -0.15) is 0 Å². The first-order valence-electron chi connectivity index (χ1n) is 7.64. The van der Waals surface area contributed by atoms with Crippen LogP contribution in [0.2, 0.25) is 0 Å². The minimum absolute atomic E-state index is 0.282. The Morgan fingerprint density at radius 2 is 1.95 bits per heavy atom. The van der Waals surface area contributed by atoms with Crippen LogP contribution in [0.3, 0.4) is 0 Å². The van der Waals surface area contributed by atoms with Crippen LogP contribution in [0.15, 0.2) is 30.3 Å². The van der Waals surface area contributed by atoms with Crippen molar-refractivity contribution in [2.75, 3.05) is 13.2 Å². The Morgan fingerprint density at radius 1 is 1.29 bits per heavy atom. The Balaban J connectivity index is 2.67. The highest BCUT2D eigenvalue weighted by molar-refractivity contribution is 5.81. The predicted octanol–water partition coefficient (Wildman–Crippen LogP) is 2.63. The van der Waals surface area contributed by atoms with Crippen LogP contribution in [0.4, 0.5) is 0 Å². The van der Waals surface area contributed by atoms with Crippen molar-refractivity contribution in [1.29, 1.82) is 0 Å². The number of benzene rings is 1. The third-order valence-electron chi connectivity index (χ3n) is 3.81. The fourth-order valence-electron chi connectivity index (χ4n) is 2.20. The molecule has 2 unspecified atom stereocenters. The molecule has 0 spiro atoms. The molecule has 0 fully saturated rings. The molecule has 0 saturated carbocycles. The number of ether oxygens (including phenoxy) is 1. The van der Waals surface area contributed by atoms with Crippen molar-refractivity contribution in [2.24, 2.45) is 5.92 Å². The molecule has 0 aliphatic carbocycles. The van der Waals surface area contributed by atoms with Crippen molar-refractivity contribution in [3.63, 3.8) is 0 Å². The summed E-state index contributed by atoms with van der Waals surface area (Å²) in [4.78, 5) is 12.2. The Labute approximate surface area is 126 Å². The van der Waals surface area contributed by atoms with Gasteiger partial charge in [0, 0.05) is 0 Å². The van der Waals surface area contributed by atoms with Gasteiger partial charge in [-0.25, -0.2) is 4.79 Å². The van der Waals surface area contributed by atoms with Crippen LogP contribution in [0.1, 0.15) is 45.1 Å². The first-order valence-corrected chi connectivity index (χ1v) is 7.64. The Morgan fingerprint density at radius 3 is 2.48 bits per heavy atom. The van der Waals surface area contributed by atoms with Gasteiger partial charge in [0.2, 0.25) is 5.60 Å². The van der Waals surface area contributed by atoms with Gasteiger partial charge in [0.1, 0.15) is 0 Å². The van der Waals surface area contributed by atoms with Crippen LogP contribution >= 0.6 is 0 Å². The zero-order valence-electron chi connectivity index (χ0n) is 12.9. The minimum Gasteiger partial charge on any atom is -0.463 e. The van der Waals surface area contributed by atoms with E-state index in [9.17, 15) is 15.0 Å². The van der Waals surface area contributed by atoms with Gasteiger partial charge in [0.15, 0.2) is 0 Å². The number of unbranched alkanes of at least 4 members (excludes halogenated alkanes) is 1. The van der Waals surface area contributed by atoms with E-state index < -0.39 is 18.2 Å². The third kappa shape index (κ3) is 4.83. The summed E-state index contributed by atoms with van der Waals surface area (Å²) in [5.41, 5.74) is -1.64. The van der Waals surface area contributed by atoms with E-state index in [0.29, 0.717) is 11.5 Å². The highest BCUT2D eigenvalue weighted by Crippen LogP contribution is 2.23. The van der Waals surface area contributed by atoms with Crippen molar-refractivity contribution in [1.82, 2.24) is 0 Å². The second kappa shape index (κ2) is 8.80. The largest absolute Gasteiger partial charge is 0.463 e. The van der Waals surface area contributed by atoms with Crippen LogP contribution < -0.4 is 0 Å². The maximum Gasteiger partial charge on any atom is 0.345 e. The first kappa shape index (κ1) is 17.7. The number of carbonyl (C=O) groups is 1. The highest BCUT2D eigenvalue weighted by atomic mass is 16.6. The van der Waals surface area contributed by atoms with E-state index >= 15 is 0 Å². The van der Waals surface area contributed by atoms with E-state index in [0.717, 1.165) is 25.7 Å².